The lowest BCUT2D eigenvalue weighted by Crippen LogP contribution is -2.64. The number of hydrogen-bond donors (Lipinski definition) is 1. The van der Waals surface area contributed by atoms with Crippen molar-refractivity contribution in [1.82, 2.24) is 10.2 Å². The van der Waals surface area contributed by atoms with Crippen LogP contribution in [0.1, 0.15) is 45.4 Å². The van der Waals surface area contributed by atoms with Crippen LogP contribution >= 0.6 is 0 Å². The second-order valence-electron chi connectivity index (χ2n) is 6.00. The highest BCUT2D eigenvalue weighted by Gasteiger charge is 2.42. The zero-order chi connectivity index (χ0) is 13.4. The average Bonchev–Trinajstić information content (AvgIpc) is 2.83. The molecule has 1 N–H and O–H groups in total. The molecule has 0 bridgehead atoms. The number of fused-ring (bicyclic) bond motifs is 1. The Bertz CT molecular complexity index is 385. The summed E-state index contributed by atoms with van der Waals surface area (Å²) in [5, 5.41) is 3.03. The van der Waals surface area contributed by atoms with Gasteiger partial charge in [-0.3, -0.25) is 9.59 Å². The zero-order valence-electron chi connectivity index (χ0n) is 11.4. The second kappa shape index (κ2) is 5.12. The molecule has 2 heterocycles. The van der Waals surface area contributed by atoms with Crippen molar-refractivity contribution < 1.29 is 14.3 Å². The van der Waals surface area contributed by atoms with Gasteiger partial charge in [0.05, 0.1) is 18.7 Å². The van der Waals surface area contributed by atoms with Gasteiger partial charge in [0.15, 0.2) is 0 Å². The van der Waals surface area contributed by atoms with Gasteiger partial charge in [-0.2, -0.15) is 0 Å². The Hall–Kier alpha value is -1.10. The molecule has 0 aromatic rings. The molecule has 2 amide bonds. The molecule has 5 heteroatoms. The number of ether oxygens (including phenoxy) is 1. The molecule has 0 spiro atoms. The third-order valence-electron chi connectivity index (χ3n) is 4.58. The molecule has 0 radical (unpaired) electrons. The van der Waals surface area contributed by atoms with E-state index in [1.165, 1.54) is 0 Å². The lowest BCUT2D eigenvalue weighted by atomic mass is 9.87. The van der Waals surface area contributed by atoms with Crippen molar-refractivity contribution in [2.75, 3.05) is 6.54 Å². The van der Waals surface area contributed by atoms with Crippen molar-refractivity contribution in [3.63, 3.8) is 0 Å². The van der Waals surface area contributed by atoms with E-state index >= 15 is 0 Å². The van der Waals surface area contributed by atoms with E-state index in [1.807, 2.05) is 6.92 Å². The summed E-state index contributed by atoms with van der Waals surface area (Å²) < 4.78 is 5.67. The quantitative estimate of drug-likeness (QED) is 0.764. The molecular formula is C14H22N2O3. The molecule has 0 aromatic heterocycles. The maximum Gasteiger partial charge on any atom is 0.252 e. The van der Waals surface area contributed by atoms with Crippen LogP contribution in [0.25, 0.3) is 0 Å². The topological polar surface area (TPSA) is 58.6 Å². The highest BCUT2D eigenvalue weighted by atomic mass is 16.5. The summed E-state index contributed by atoms with van der Waals surface area (Å²) >= 11 is 0. The molecule has 5 nitrogen and oxygen atoms in total. The number of hydrogen-bond acceptors (Lipinski definition) is 3. The van der Waals surface area contributed by atoms with Crippen molar-refractivity contribution in [2.24, 2.45) is 0 Å². The Morgan fingerprint density at radius 1 is 1.26 bits per heavy atom. The predicted molar refractivity (Wildman–Crippen MR) is 69.5 cm³/mol. The van der Waals surface area contributed by atoms with Crippen LogP contribution in [0.5, 0.6) is 0 Å². The molecule has 3 fully saturated rings. The van der Waals surface area contributed by atoms with Crippen LogP contribution in [0.2, 0.25) is 0 Å². The van der Waals surface area contributed by atoms with Gasteiger partial charge in [-0.15, -0.1) is 0 Å². The monoisotopic (exact) mass is 266 g/mol. The van der Waals surface area contributed by atoms with Crippen LogP contribution in [0, 0.1) is 0 Å². The number of nitrogens with zero attached hydrogens (tertiary/aromatic N) is 1. The van der Waals surface area contributed by atoms with Gasteiger partial charge in [0.25, 0.3) is 5.91 Å². The lowest BCUT2D eigenvalue weighted by Gasteiger charge is -2.44. The van der Waals surface area contributed by atoms with Gasteiger partial charge in [0.1, 0.15) is 6.10 Å². The van der Waals surface area contributed by atoms with Crippen LogP contribution in [-0.4, -0.2) is 47.6 Å². The lowest BCUT2D eigenvalue weighted by molar-refractivity contribution is -0.152. The Labute approximate surface area is 113 Å². The summed E-state index contributed by atoms with van der Waals surface area (Å²) in [4.78, 5) is 26.1. The summed E-state index contributed by atoms with van der Waals surface area (Å²) in [6, 6.07) is 0.330. The van der Waals surface area contributed by atoms with E-state index in [2.05, 4.69) is 5.32 Å². The van der Waals surface area contributed by atoms with Gasteiger partial charge in [0, 0.05) is 6.04 Å². The number of piperazine rings is 1. The normalized spacial score (nSPS) is 38.8. The third-order valence-corrected chi connectivity index (χ3v) is 4.58. The van der Waals surface area contributed by atoms with E-state index in [4.69, 9.17) is 4.74 Å². The van der Waals surface area contributed by atoms with Gasteiger partial charge in [0.2, 0.25) is 5.91 Å². The molecule has 106 valence electrons. The second-order valence-corrected chi connectivity index (χ2v) is 6.00. The first-order valence-corrected chi connectivity index (χ1v) is 7.40. The first kappa shape index (κ1) is 12.9. The number of carbonyl (C=O) groups excluding carboxylic acids is 2. The van der Waals surface area contributed by atoms with Crippen LogP contribution < -0.4 is 5.32 Å². The molecule has 1 aliphatic carbocycles. The van der Waals surface area contributed by atoms with Gasteiger partial charge >= 0.3 is 0 Å². The van der Waals surface area contributed by atoms with Crippen molar-refractivity contribution in [2.45, 2.75) is 69.7 Å². The smallest absolute Gasteiger partial charge is 0.252 e. The molecule has 3 aliphatic rings. The molecule has 1 saturated carbocycles. The molecule has 0 unspecified atom stereocenters. The van der Waals surface area contributed by atoms with Crippen LogP contribution in [0.3, 0.4) is 0 Å². The average molecular weight is 266 g/mol. The summed E-state index contributed by atoms with van der Waals surface area (Å²) in [6.45, 7) is 2.20. The molecule has 0 aromatic carbocycles. The molecule has 2 aliphatic heterocycles. The maximum absolute atomic E-state index is 12.6. The van der Waals surface area contributed by atoms with Gasteiger partial charge < -0.3 is 15.0 Å². The third kappa shape index (κ3) is 2.48. The summed E-state index contributed by atoms with van der Waals surface area (Å²) in [7, 11) is 0. The highest BCUT2D eigenvalue weighted by molar-refractivity contribution is 5.89. The summed E-state index contributed by atoms with van der Waals surface area (Å²) in [6.07, 6.45) is 5.82. The largest absolute Gasteiger partial charge is 0.365 e. The van der Waals surface area contributed by atoms with E-state index in [9.17, 15) is 9.59 Å². The van der Waals surface area contributed by atoms with Crippen molar-refractivity contribution >= 4 is 11.8 Å². The molecule has 3 rings (SSSR count). The minimum atomic E-state index is -0.330. The molecule has 2 saturated heterocycles. The predicted octanol–water partition coefficient (Wildman–Crippen LogP) is 0.823. The van der Waals surface area contributed by atoms with E-state index in [1.54, 1.807) is 4.90 Å². The Morgan fingerprint density at radius 2 is 2.05 bits per heavy atom. The molecular weight excluding hydrogens is 244 g/mol. The van der Waals surface area contributed by atoms with Gasteiger partial charge in [-0.1, -0.05) is 12.8 Å². The van der Waals surface area contributed by atoms with E-state index in [-0.39, 0.29) is 42.7 Å². The number of amides is 2. The van der Waals surface area contributed by atoms with Gasteiger partial charge in [-0.25, -0.2) is 0 Å². The van der Waals surface area contributed by atoms with Crippen LogP contribution in [-0.2, 0) is 14.3 Å². The van der Waals surface area contributed by atoms with Crippen molar-refractivity contribution in [1.29, 1.82) is 0 Å². The van der Waals surface area contributed by atoms with Crippen molar-refractivity contribution in [3.05, 3.63) is 0 Å². The Morgan fingerprint density at radius 3 is 2.79 bits per heavy atom. The minimum absolute atomic E-state index is 0.0242. The zero-order valence-corrected chi connectivity index (χ0v) is 11.4. The minimum Gasteiger partial charge on any atom is -0.365 e. The summed E-state index contributed by atoms with van der Waals surface area (Å²) in [5.41, 5.74) is 0. The number of rotatable bonds is 1. The number of carbonyl (C=O) groups is 2. The first-order valence-electron chi connectivity index (χ1n) is 7.40. The fourth-order valence-corrected chi connectivity index (χ4v) is 3.59. The number of nitrogens with one attached hydrogen (secondary N) is 1. The van der Waals surface area contributed by atoms with E-state index in [0.29, 0.717) is 0 Å². The van der Waals surface area contributed by atoms with Gasteiger partial charge in [-0.05, 0) is 32.6 Å². The Kier molecular flexibility index (Phi) is 3.48. The van der Waals surface area contributed by atoms with Crippen molar-refractivity contribution in [3.8, 4) is 0 Å². The summed E-state index contributed by atoms with van der Waals surface area (Å²) in [5.74, 6) is -0.00125. The fraction of sp³-hybridized carbons (Fsp3) is 0.857. The fourth-order valence-electron chi connectivity index (χ4n) is 3.59. The van der Waals surface area contributed by atoms with E-state index < -0.39 is 0 Å². The van der Waals surface area contributed by atoms with Crippen LogP contribution in [0.4, 0.5) is 0 Å². The SMILES string of the molecule is C[C@@H]1CC[C@H](C(=O)N2CC(=O)N[C@H]3CCCC[C@@H]32)O1. The molecule has 19 heavy (non-hydrogen) atoms. The maximum atomic E-state index is 12.6. The van der Waals surface area contributed by atoms with Crippen LogP contribution in [0.15, 0.2) is 0 Å². The molecule has 4 atom stereocenters. The standard InChI is InChI=1S/C14H22N2O3/c1-9-6-7-12(19-9)14(18)16-8-13(17)15-10-4-2-3-5-11(10)16/h9-12H,2-8H2,1H3,(H,15,17)/t9-,10+,11+,12-/m1/s1. The highest BCUT2D eigenvalue weighted by Crippen LogP contribution is 2.28. The Balaban J connectivity index is 1.73. The first-order chi connectivity index (χ1) is 9.15. The van der Waals surface area contributed by atoms with E-state index in [0.717, 1.165) is 38.5 Å².